The monoisotopic (exact) mass is 388 g/mol. The van der Waals surface area contributed by atoms with Gasteiger partial charge in [0.2, 0.25) is 5.91 Å². The Bertz CT molecular complexity index is 805. The predicted octanol–water partition coefficient (Wildman–Crippen LogP) is 2.76. The third-order valence-electron chi connectivity index (χ3n) is 4.13. The summed E-state index contributed by atoms with van der Waals surface area (Å²) in [4.78, 5) is 39.4. The lowest BCUT2D eigenvalue weighted by Crippen LogP contribution is -2.33. The quantitative estimate of drug-likeness (QED) is 0.692. The number of methoxy groups -OCH3 is 1. The highest BCUT2D eigenvalue weighted by Gasteiger charge is 2.30. The lowest BCUT2D eigenvalue weighted by Gasteiger charge is -2.22. The first kappa shape index (κ1) is 19.2. The van der Waals surface area contributed by atoms with E-state index in [-0.39, 0.29) is 29.4 Å². The third kappa shape index (κ3) is 4.78. The molecule has 7 nitrogen and oxygen atoms in total. The molecule has 0 aliphatic carbocycles. The second-order valence-electron chi connectivity index (χ2n) is 6.03. The SMILES string of the molecule is COCCN(Cc1ccco1)C(=O)c1cccc(CN2C(=O)CSC2=O)c1. The Labute approximate surface area is 161 Å². The van der Waals surface area contributed by atoms with Crippen LogP contribution in [0.5, 0.6) is 0 Å². The number of hydrogen-bond acceptors (Lipinski definition) is 6. The number of ether oxygens (including phenoxy) is 1. The average molecular weight is 388 g/mol. The average Bonchev–Trinajstić information content (AvgIpc) is 3.30. The fourth-order valence-corrected chi connectivity index (χ4v) is 3.47. The van der Waals surface area contributed by atoms with E-state index in [0.717, 1.165) is 17.3 Å². The van der Waals surface area contributed by atoms with Crippen LogP contribution < -0.4 is 0 Å². The van der Waals surface area contributed by atoms with Crippen LogP contribution in [-0.4, -0.2) is 52.9 Å². The summed E-state index contributed by atoms with van der Waals surface area (Å²) in [7, 11) is 1.58. The van der Waals surface area contributed by atoms with Crippen molar-refractivity contribution in [1.29, 1.82) is 0 Å². The van der Waals surface area contributed by atoms with Crippen LogP contribution in [0.1, 0.15) is 21.7 Å². The molecule has 2 heterocycles. The van der Waals surface area contributed by atoms with E-state index in [1.807, 2.05) is 6.07 Å². The number of rotatable bonds is 8. The summed E-state index contributed by atoms with van der Waals surface area (Å²) >= 11 is 0.997. The molecule has 0 bridgehead atoms. The molecule has 0 N–H and O–H groups in total. The Kier molecular flexibility index (Phi) is 6.31. The highest BCUT2D eigenvalue weighted by atomic mass is 32.2. The number of carbonyl (C=O) groups excluding carboxylic acids is 3. The molecule has 0 radical (unpaired) electrons. The van der Waals surface area contributed by atoms with Crippen LogP contribution in [0.15, 0.2) is 47.1 Å². The number of amides is 3. The summed E-state index contributed by atoms with van der Waals surface area (Å²) in [6.07, 6.45) is 1.57. The number of thioether (sulfide) groups is 1. The molecule has 0 saturated carbocycles. The lowest BCUT2D eigenvalue weighted by atomic mass is 10.1. The van der Waals surface area contributed by atoms with Crippen molar-refractivity contribution in [1.82, 2.24) is 9.80 Å². The van der Waals surface area contributed by atoms with Crippen molar-refractivity contribution >= 4 is 28.8 Å². The normalized spacial score (nSPS) is 14.0. The highest BCUT2D eigenvalue weighted by molar-refractivity contribution is 8.14. The molecule has 142 valence electrons. The van der Waals surface area contributed by atoms with Crippen molar-refractivity contribution in [2.45, 2.75) is 13.1 Å². The van der Waals surface area contributed by atoms with Crippen molar-refractivity contribution in [3.63, 3.8) is 0 Å². The zero-order valence-corrected chi connectivity index (χ0v) is 15.7. The minimum Gasteiger partial charge on any atom is -0.467 e. The van der Waals surface area contributed by atoms with Crippen LogP contribution >= 0.6 is 11.8 Å². The van der Waals surface area contributed by atoms with Crippen LogP contribution in [0, 0.1) is 0 Å². The van der Waals surface area contributed by atoms with Crippen molar-refractivity contribution in [3.8, 4) is 0 Å². The van der Waals surface area contributed by atoms with Gasteiger partial charge in [-0.2, -0.15) is 0 Å². The molecule has 1 aromatic heterocycles. The van der Waals surface area contributed by atoms with Gasteiger partial charge in [0.05, 0.1) is 31.7 Å². The number of benzene rings is 1. The first-order chi connectivity index (χ1) is 13.1. The van der Waals surface area contributed by atoms with Crippen molar-refractivity contribution in [3.05, 3.63) is 59.5 Å². The van der Waals surface area contributed by atoms with Gasteiger partial charge in [0.15, 0.2) is 0 Å². The molecule has 27 heavy (non-hydrogen) atoms. The Balaban J connectivity index is 1.75. The molecular weight excluding hydrogens is 368 g/mol. The van der Waals surface area contributed by atoms with Gasteiger partial charge in [0.1, 0.15) is 5.76 Å². The molecule has 1 aliphatic heterocycles. The fourth-order valence-electron chi connectivity index (χ4n) is 2.75. The summed E-state index contributed by atoms with van der Waals surface area (Å²) in [5.41, 5.74) is 1.22. The molecule has 3 rings (SSSR count). The zero-order valence-electron chi connectivity index (χ0n) is 14.9. The molecule has 2 aromatic rings. The van der Waals surface area contributed by atoms with Crippen LogP contribution in [0.3, 0.4) is 0 Å². The van der Waals surface area contributed by atoms with Crippen molar-refractivity contribution < 1.29 is 23.5 Å². The molecule has 8 heteroatoms. The van der Waals surface area contributed by atoms with Crippen LogP contribution in [-0.2, 0) is 22.6 Å². The van der Waals surface area contributed by atoms with Gasteiger partial charge in [-0.15, -0.1) is 0 Å². The highest BCUT2D eigenvalue weighted by Crippen LogP contribution is 2.22. The molecular formula is C19H20N2O5S. The van der Waals surface area contributed by atoms with Crippen molar-refractivity contribution in [2.24, 2.45) is 0 Å². The number of carbonyl (C=O) groups is 3. The smallest absolute Gasteiger partial charge is 0.289 e. The van der Waals surface area contributed by atoms with E-state index in [4.69, 9.17) is 9.15 Å². The van der Waals surface area contributed by atoms with Gasteiger partial charge in [0, 0.05) is 19.2 Å². The van der Waals surface area contributed by atoms with E-state index < -0.39 is 0 Å². The maximum absolute atomic E-state index is 13.0. The maximum atomic E-state index is 13.0. The molecule has 1 saturated heterocycles. The molecule has 0 spiro atoms. The Morgan fingerprint density at radius 1 is 1.30 bits per heavy atom. The summed E-state index contributed by atoms with van der Waals surface area (Å²) in [6.45, 7) is 1.32. The van der Waals surface area contributed by atoms with Gasteiger partial charge in [-0.25, -0.2) is 0 Å². The molecule has 1 aliphatic rings. The second kappa shape index (κ2) is 8.88. The Morgan fingerprint density at radius 3 is 2.81 bits per heavy atom. The minimum absolute atomic E-state index is 0.168. The van der Waals surface area contributed by atoms with Gasteiger partial charge in [-0.05, 0) is 29.8 Å². The van der Waals surface area contributed by atoms with Crippen LogP contribution in [0.25, 0.3) is 0 Å². The molecule has 1 fully saturated rings. The molecule has 0 atom stereocenters. The molecule has 0 unspecified atom stereocenters. The van der Waals surface area contributed by atoms with Gasteiger partial charge >= 0.3 is 0 Å². The van der Waals surface area contributed by atoms with E-state index >= 15 is 0 Å². The lowest BCUT2D eigenvalue weighted by molar-refractivity contribution is -0.125. The third-order valence-corrected chi connectivity index (χ3v) is 4.99. The summed E-state index contributed by atoms with van der Waals surface area (Å²) < 4.78 is 10.5. The summed E-state index contributed by atoms with van der Waals surface area (Å²) in [5, 5.41) is -0.253. The van der Waals surface area contributed by atoms with Gasteiger partial charge in [0.25, 0.3) is 11.1 Å². The Hall–Kier alpha value is -2.58. The number of nitrogens with zero attached hydrogens (tertiary/aromatic N) is 2. The van der Waals surface area contributed by atoms with Gasteiger partial charge in [-0.1, -0.05) is 23.9 Å². The zero-order chi connectivity index (χ0) is 19.2. The van der Waals surface area contributed by atoms with E-state index in [1.165, 1.54) is 4.90 Å². The second-order valence-corrected chi connectivity index (χ2v) is 6.96. The summed E-state index contributed by atoms with van der Waals surface area (Å²) in [5.74, 6) is 0.478. The van der Waals surface area contributed by atoms with Crippen molar-refractivity contribution in [2.75, 3.05) is 26.0 Å². The molecule has 3 amide bonds. The topological polar surface area (TPSA) is 80.1 Å². The largest absolute Gasteiger partial charge is 0.467 e. The van der Waals surface area contributed by atoms with E-state index in [1.54, 1.807) is 48.6 Å². The van der Waals surface area contributed by atoms with E-state index in [2.05, 4.69) is 0 Å². The first-order valence-electron chi connectivity index (χ1n) is 8.45. The van der Waals surface area contributed by atoms with Crippen LogP contribution in [0.4, 0.5) is 4.79 Å². The van der Waals surface area contributed by atoms with Gasteiger partial charge in [-0.3, -0.25) is 19.3 Å². The number of hydrogen-bond donors (Lipinski definition) is 0. The van der Waals surface area contributed by atoms with E-state index in [9.17, 15) is 14.4 Å². The number of furan rings is 1. The number of imide groups is 1. The predicted molar refractivity (Wildman–Crippen MR) is 100 cm³/mol. The maximum Gasteiger partial charge on any atom is 0.289 e. The first-order valence-corrected chi connectivity index (χ1v) is 9.43. The van der Waals surface area contributed by atoms with E-state index in [0.29, 0.717) is 31.0 Å². The fraction of sp³-hybridized carbons (Fsp3) is 0.316. The van der Waals surface area contributed by atoms with Gasteiger partial charge < -0.3 is 14.1 Å². The minimum atomic E-state index is -0.253. The Morgan fingerprint density at radius 2 is 2.15 bits per heavy atom. The molecule has 1 aromatic carbocycles. The summed E-state index contributed by atoms with van der Waals surface area (Å²) in [6, 6.07) is 10.6. The van der Waals surface area contributed by atoms with Crippen LogP contribution in [0.2, 0.25) is 0 Å². The standard InChI is InChI=1S/C19H20N2O5S/c1-25-9-7-20(12-16-6-3-8-26-16)18(23)15-5-2-4-14(10-15)11-21-17(22)13-27-19(21)24/h2-6,8,10H,7,9,11-13H2,1H3.